The molecule has 0 N–H and O–H groups in total. The van der Waals surface area contributed by atoms with Crippen LogP contribution >= 0.6 is 34.5 Å². The van der Waals surface area contributed by atoms with E-state index in [-0.39, 0.29) is 0 Å². The van der Waals surface area contributed by atoms with Crippen molar-refractivity contribution in [3.63, 3.8) is 0 Å². The van der Waals surface area contributed by atoms with Crippen LogP contribution < -0.4 is 4.74 Å². The van der Waals surface area contributed by atoms with Gasteiger partial charge in [-0.25, -0.2) is 0 Å². The molecule has 11 heavy (non-hydrogen) atoms. The topological polar surface area (TPSA) is 26.3 Å². The maximum Gasteiger partial charge on any atom is 0.278 e. The van der Waals surface area contributed by atoms with Crippen LogP contribution in [0.15, 0.2) is 17.5 Å². The normalized spacial score (nSPS) is 12.5. The summed E-state index contributed by atoms with van der Waals surface area (Å²) in [7, 11) is 0. The summed E-state index contributed by atoms with van der Waals surface area (Å²) in [5, 5.41) is 1.69. The molecule has 0 saturated heterocycles. The van der Waals surface area contributed by atoms with Gasteiger partial charge in [-0.15, -0.1) is 11.3 Å². The third-order valence-corrected chi connectivity index (χ3v) is 2.25. The van der Waals surface area contributed by atoms with Gasteiger partial charge in [-0.3, -0.25) is 4.79 Å². The fraction of sp³-hybridized carbons (Fsp3) is 0.167. The van der Waals surface area contributed by atoms with E-state index in [0.29, 0.717) is 5.06 Å². The molecule has 1 unspecified atom stereocenters. The summed E-state index contributed by atoms with van der Waals surface area (Å²) in [5.74, 6) is 0. The zero-order chi connectivity index (χ0) is 8.27. The van der Waals surface area contributed by atoms with Gasteiger partial charge < -0.3 is 4.74 Å². The highest BCUT2D eigenvalue weighted by atomic mass is 35.5. The maximum atomic E-state index is 10.4. The standard InChI is InChI=1S/C6H4Cl2O2S/c7-5(9)6(8)10-4-2-1-3-11-4/h1-3,6H. The van der Waals surface area contributed by atoms with Crippen LogP contribution in [0.4, 0.5) is 0 Å². The van der Waals surface area contributed by atoms with E-state index in [9.17, 15) is 4.79 Å². The van der Waals surface area contributed by atoms with Gasteiger partial charge in [0.2, 0.25) is 5.56 Å². The Morgan fingerprint density at radius 1 is 1.73 bits per heavy atom. The minimum absolute atomic E-state index is 0.582. The minimum atomic E-state index is -1.09. The Morgan fingerprint density at radius 3 is 2.91 bits per heavy atom. The highest BCUT2D eigenvalue weighted by Crippen LogP contribution is 2.21. The van der Waals surface area contributed by atoms with E-state index in [1.165, 1.54) is 11.3 Å². The first kappa shape index (κ1) is 8.84. The number of hydrogen-bond acceptors (Lipinski definition) is 3. The molecule has 0 bridgehead atoms. The minimum Gasteiger partial charge on any atom is -0.456 e. The molecule has 0 amide bonds. The summed E-state index contributed by atoms with van der Waals surface area (Å²) in [4.78, 5) is 10.4. The third-order valence-electron chi connectivity index (χ3n) is 0.893. The second kappa shape index (κ2) is 3.95. The second-order valence-electron chi connectivity index (χ2n) is 1.67. The van der Waals surface area contributed by atoms with Gasteiger partial charge >= 0.3 is 0 Å². The molecule has 0 saturated carbocycles. The van der Waals surface area contributed by atoms with Crippen LogP contribution in [0, 0.1) is 0 Å². The van der Waals surface area contributed by atoms with Gasteiger partial charge in [0.05, 0.1) is 0 Å². The quantitative estimate of drug-likeness (QED) is 0.567. The van der Waals surface area contributed by atoms with Gasteiger partial charge in [0, 0.05) is 0 Å². The lowest BCUT2D eigenvalue weighted by Gasteiger charge is -2.04. The van der Waals surface area contributed by atoms with Gasteiger partial charge in [-0.05, 0) is 29.1 Å². The van der Waals surface area contributed by atoms with E-state index >= 15 is 0 Å². The van der Waals surface area contributed by atoms with Crippen LogP contribution in [0.2, 0.25) is 0 Å². The molecule has 0 radical (unpaired) electrons. The van der Waals surface area contributed by atoms with E-state index in [4.69, 9.17) is 27.9 Å². The molecule has 1 aromatic heterocycles. The molecule has 60 valence electrons. The van der Waals surface area contributed by atoms with E-state index in [2.05, 4.69) is 0 Å². The number of carbonyl (C=O) groups is 1. The molecule has 1 rings (SSSR count). The van der Waals surface area contributed by atoms with Crippen LogP contribution in [0.3, 0.4) is 0 Å². The Balaban J connectivity index is 2.50. The van der Waals surface area contributed by atoms with Gasteiger partial charge in [-0.2, -0.15) is 0 Å². The van der Waals surface area contributed by atoms with Crippen LogP contribution in [0.5, 0.6) is 5.06 Å². The first-order valence-corrected chi connectivity index (χ1v) is 4.43. The van der Waals surface area contributed by atoms with E-state index in [0.717, 1.165) is 0 Å². The summed E-state index contributed by atoms with van der Waals surface area (Å²) in [6.07, 6.45) is 0. The van der Waals surface area contributed by atoms with Crippen molar-refractivity contribution >= 4 is 39.8 Å². The van der Waals surface area contributed by atoms with Crippen LogP contribution in [0.1, 0.15) is 0 Å². The van der Waals surface area contributed by atoms with Gasteiger partial charge in [0.1, 0.15) is 0 Å². The average molecular weight is 211 g/mol. The SMILES string of the molecule is O=C(Cl)C(Cl)Oc1cccs1. The summed E-state index contributed by atoms with van der Waals surface area (Å²) in [6.45, 7) is 0. The summed E-state index contributed by atoms with van der Waals surface area (Å²) < 4.78 is 4.92. The molecule has 0 aromatic carbocycles. The molecular formula is C6H4Cl2O2S. The number of thiophene rings is 1. The van der Waals surface area contributed by atoms with E-state index in [1.54, 1.807) is 12.1 Å². The molecule has 0 aliphatic rings. The lowest BCUT2D eigenvalue weighted by molar-refractivity contribution is -0.114. The molecule has 1 atom stereocenters. The lowest BCUT2D eigenvalue weighted by Crippen LogP contribution is -2.15. The predicted octanol–water partition coefficient (Wildman–Crippen LogP) is 2.46. The number of rotatable bonds is 3. The molecule has 0 aliphatic heterocycles. The Bertz CT molecular complexity index is 235. The Kier molecular flexibility index (Phi) is 3.17. The van der Waals surface area contributed by atoms with E-state index < -0.39 is 10.8 Å². The largest absolute Gasteiger partial charge is 0.456 e. The van der Waals surface area contributed by atoms with Crippen molar-refractivity contribution in [2.45, 2.75) is 5.56 Å². The molecule has 1 aromatic rings. The molecular weight excluding hydrogens is 207 g/mol. The Hall–Kier alpha value is -0.250. The predicted molar refractivity (Wildman–Crippen MR) is 45.4 cm³/mol. The monoisotopic (exact) mass is 210 g/mol. The summed E-state index contributed by atoms with van der Waals surface area (Å²) >= 11 is 11.8. The fourth-order valence-electron chi connectivity index (χ4n) is 0.479. The molecule has 5 heteroatoms. The zero-order valence-electron chi connectivity index (χ0n) is 5.29. The van der Waals surface area contributed by atoms with Crippen molar-refractivity contribution in [2.24, 2.45) is 0 Å². The fourth-order valence-corrected chi connectivity index (χ4v) is 1.27. The number of halogens is 2. The van der Waals surface area contributed by atoms with Crippen LogP contribution in [0.25, 0.3) is 0 Å². The van der Waals surface area contributed by atoms with Crippen molar-refractivity contribution in [1.29, 1.82) is 0 Å². The summed E-state index contributed by atoms with van der Waals surface area (Å²) in [5.41, 5.74) is -1.09. The van der Waals surface area contributed by atoms with Crippen molar-refractivity contribution in [1.82, 2.24) is 0 Å². The number of ether oxygens (including phenoxy) is 1. The number of carbonyl (C=O) groups excluding carboxylic acids is 1. The van der Waals surface area contributed by atoms with Crippen molar-refractivity contribution in [3.05, 3.63) is 17.5 Å². The lowest BCUT2D eigenvalue weighted by atomic mass is 10.6. The molecule has 0 spiro atoms. The number of hydrogen-bond donors (Lipinski definition) is 0. The maximum absolute atomic E-state index is 10.4. The smallest absolute Gasteiger partial charge is 0.278 e. The van der Waals surface area contributed by atoms with Gasteiger partial charge in [0.25, 0.3) is 5.24 Å². The zero-order valence-corrected chi connectivity index (χ0v) is 7.62. The average Bonchev–Trinajstić information content (AvgIpc) is 2.39. The Labute approximate surface area is 77.7 Å². The van der Waals surface area contributed by atoms with Crippen molar-refractivity contribution < 1.29 is 9.53 Å². The first-order chi connectivity index (χ1) is 5.20. The Morgan fingerprint density at radius 2 is 2.45 bits per heavy atom. The number of alkyl halides is 1. The van der Waals surface area contributed by atoms with E-state index in [1.807, 2.05) is 5.38 Å². The molecule has 0 fully saturated rings. The highest BCUT2D eigenvalue weighted by Gasteiger charge is 2.13. The molecule has 2 nitrogen and oxygen atoms in total. The summed E-state index contributed by atoms with van der Waals surface area (Å²) in [6, 6.07) is 3.50. The van der Waals surface area contributed by atoms with Crippen molar-refractivity contribution in [3.8, 4) is 5.06 Å². The van der Waals surface area contributed by atoms with Crippen LogP contribution in [-0.2, 0) is 4.79 Å². The highest BCUT2D eigenvalue weighted by molar-refractivity contribution is 7.11. The van der Waals surface area contributed by atoms with Gasteiger partial charge in [-0.1, -0.05) is 11.6 Å². The van der Waals surface area contributed by atoms with Crippen LogP contribution in [-0.4, -0.2) is 10.8 Å². The molecule has 1 heterocycles. The first-order valence-electron chi connectivity index (χ1n) is 2.73. The third kappa shape index (κ3) is 2.69. The molecule has 0 aliphatic carbocycles. The second-order valence-corrected chi connectivity index (χ2v) is 3.35. The van der Waals surface area contributed by atoms with Gasteiger partial charge in [0.15, 0.2) is 5.06 Å². The van der Waals surface area contributed by atoms with Crippen molar-refractivity contribution in [2.75, 3.05) is 0 Å².